The van der Waals surface area contributed by atoms with Crippen molar-refractivity contribution in [2.24, 2.45) is 0 Å². The first kappa shape index (κ1) is 14.0. The van der Waals surface area contributed by atoms with Crippen LogP contribution >= 0.6 is 0 Å². The SMILES string of the molecule is CC1c2cc3c(cc2CCN1C(=O)OC(C)(C)C)OCO3. The van der Waals surface area contributed by atoms with Gasteiger partial charge in [-0.3, -0.25) is 0 Å². The van der Waals surface area contributed by atoms with Crippen LogP contribution in [0, 0.1) is 0 Å². The van der Waals surface area contributed by atoms with Gasteiger partial charge in [-0.05, 0) is 57.4 Å². The molecular weight excluding hydrogens is 270 g/mol. The van der Waals surface area contributed by atoms with Crippen LogP contribution in [0.1, 0.15) is 44.9 Å². The molecule has 0 saturated carbocycles. The molecule has 2 aliphatic rings. The van der Waals surface area contributed by atoms with E-state index >= 15 is 0 Å². The number of carbonyl (C=O) groups is 1. The Morgan fingerprint density at radius 1 is 1.29 bits per heavy atom. The molecule has 0 saturated heterocycles. The molecular formula is C16H21NO4. The molecule has 1 amide bonds. The number of fused-ring (bicyclic) bond motifs is 2. The van der Waals surface area contributed by atoms with E-state index in [0.29, 0.717) is 6.54 Å². The molecule has 0 radical (unpaired) electrons. The highest BCUT2D eigenvalue weighted by atomic mass is 16.7. The monoisotopic (exact) mass is 291 g/mol. The summed E-state index contributed by atoms with van der Waals surface area (Å²) in [5.74, 6) is 1.55. The molecule has 3 rings (SSSR count). The molecule has 5 nitrogen and oxygen atoms in total. The molecule has 0 spiro atoms. The highest BCUT2D eigenvalue weighted by Crippen LogP contribution is 2.40. The van der Waals surface area contributed by atoms with Crippen LogP contribution in [0.2, 0.25) is 0 Å². The van der Waals surface area contributed by atoms with Crippen molar-refractivity contribution in [3.63, 3.8) is 0 Å². The Morgan fingerprint density at radius 2 is 1.95 bits per heavy atom. The molecule has 114 valence electrons. The first-order valence-corrected chi connectivity index (χ1v) is 7.27. The molecule has 21 heavy (non-hydrogen) atoms. The molecule has 0 aromatic heterocycles. The van der Waals surface area contributed by atoms with Crippen LogP contribution in [0.4, 0.5) is 4.79 Å². The van der Waals surface area contributed by atoms with Gasteiger partial charge in [0.05, 0.1) is 6.04 Å². The lowest BCUT2D eigenvalue weighted by Crippen LogP contribution is -2.42. The second kappa shape index (κ2) is 4.83. The fourth-order valence-corrected chi connectivity index (χ4v) is 2.78. The molecule has 1 aromatic rings. The van der Waals surface area contributed by atoms with Crippen molar-refractivity contribution in [1.29, 1.82) is 0 Å². The van der Waals surface area contributed by atoms with Crippen molar-refractivity contribution in [2.75, 3.05) is 13.3 Å². The molecule has 1 aromatic carbocycles. The lowest BCUT2D eigenvalue weighted by molar-refractivity contribution is 0.0159. The Bertz CT molecular complexity index is 576. The van der Waals surface area contributed by atoms with Gasteiger partial charge in [0.15, 0.2) is 11.5 Å². The largest absolute Gasteiger partial charge is 0.454 e. The van der Waals surface area contributed by atoms with Gasteiger partial charge in [-0.1, -0.05) is 0 Å². The Kier molecular flexibility index (Phi) is 3.23. The van der Waals surface area contributed by atoms with Crippen molar-refractivity contribution in [3.8, 4) is 11.5 Å². The normalized spacial score (nSPS) is 20.2. The quantitative estimate of drug-likeness (QED) is 0.736. The zero-order valence-corrected chi connectivity index (χ0v) is 12.9. The van der Waals surface area contributed by atoms with Crippen LogP contribution in [0.3, 0.4) is 0 Å². The molecule has 1 unspecified atom stereocenters. The minimum Gasteiger partial charge on any atom is -0.454 e. The number of hydrogen-bond donors (Lipinski definition) is 0. The van der Waals surface area contributed by atoms with Crippen molar-refractivity contribution in [1.82, 2.24) is 4.90 Å². The molecule has 0 fully saturated rings. The Morgan fingerprint density at radius 3 is 2.62 bits per heavy atom. The molecule has 2 heterocycles. The standard InChI is InChI=1S/C16H21NO4/c1-10-12-8-14-13(19-9-20-14)7-11(12)5-6-17(10)15(18)21-16(2,3)4/h7-8,10H,5-6,9H2,1-4H3. The van der Waals surface area contributed by atoms with E-state index in [1.54, 1.807) is 4.90 Å². The average molecular weight is 291 g/mol. The van der Waals surface area contributed by atoms with Gasteiger partial charge in [0, 0.05) is 6.54 Å². The molecule has 0 bridgehead atoms. The molecule has 0 N–H and O–H groups in total. The number of carbonyl (C=O) groups excluding carboxylic acids is 1. The van der Waals surface area contributed by atoms with E-state index in [9.17, 15) is 4.79 Å². The van der Waals surface area contributed by atoms with Gasteiger partial charge in [-0.15, -0.1) is 0 Å². The summed E-state index contributed by atoms with van der Waals surface area (Å²) >= 11 is 0. The highest BCUT2D eigenvalue weighted by Gasteiger charge is 2.32. The van der Waals surface area contributed by atoms with E-state index in [2.05, 4.69) is 0 Å². The van der Waals surface area contributed by atoms with Crippen molar-refractivity contribution < 1.29 is 19.0 Å². The van der Waals surface area contributed by atoms with Gasteiger partial charge in [0.1, 0.15) is 5.60 Å². The smallest absolute Gasteiger partial charge is 0.410 e. The second-order valence-electron chi connectivity index (χ2n) is 6.50. The first-order valence-electron chi connectivity index (χ1n) is 7.27. The van der Waals surface area contributed by atoms with Crippen LogP contribution in [-0.2, 0) is 11.2 Å². The lowest BCUT2D eigenvalue weighted by Gasteiger charge is -2.36. The van der Waals surface area contributed by atoms with Crippen molar-refractivity contribution in [3.05, 3.63) is 23.3 Å². The van der Waals surface area contributed by atoms with Crippen molar-refractivity contribution in [2.45, 2.75) is 45.8 Å². The van der Waals surface area contributed by atoms with Crippen LogP contribution < -0.4 is 9.47 Å². The Balaban J connectivity index is 1.85. The van der Waals surface area contributed by atoms with Crippen LogP contribution in [0.5, 0.6) is 11.5 Å². The Labute approximate surface area is 124 Å². The predicted octanol–water partition coefficient (Wildman–Crippen LogP) is 3.27. The first-order chi connectivity index (χ1) is 9.85. The summed E-state index contributed by atoms with van der Waals surface area (Å²) in [6.45, 7) is 8.58. The van der Waals surface area contributed by atoms with Gasteiger partial charge < -0.3 is 19.1 Å². The summed E-state index contributed by atoms with van der Waals surface area (Å²) in [6.07, 6.45) is 0.536. The maximum Gasteiger partial charge on any atom is 0.410 e. The number of rotatable bonds is 0. The van der Waals surface area contributed by atoms with Gasteiger partial charge in [0.25, 0.3) is 0 Å². The van der Waals surface area contributed by atoms with Crippen LogP contribution in [-0.4, -0.2) is 29.9 Å². The minimum absolute atomic E-state index is 0.0295. The molecule has 5 heteroatoms. The second-order valence-corrected chi connectivity index (χ2v) is 6.50. The van der Waals surface area contributed by atoms with Gasteiger partial charge >= 0.3 is 6.09 Å². The molecule has 1 atom stereocenters. The lowest BCUT2D eigenvalue weighted by atomic mass is 9.93. The topological polar surface area (TPSA) is 48.0 Å². The molecule has 0 aliphatic carbocycles. The number of hydrogen-bond acceptors (Lipinski definition) is 4. The summed E-state index contributed by atoms with van der Waals surface area (Å²) in [4.78, 5) is 14.1. The third-order valence-corrected chi connectivity index (χ3v) is 3.80. The van der Waals surface area contributed by atoms with Crippen molar-refractivity contribution >= 4 is 6.09 Å². The van der Waals surface area contributed by atoms with E-state index in [4.69, 9.17) is 14.2 Å². The third-order valence-electron chi connectivity index (χ3n) is 3.80. The predicted molar refractivity (Wildman–Crippen MR) is 77.6 cm³/mol. The number of nitrogens with zero attached hydrogens (tertiary/aromatic N) is 1. The van der Waals surface area contributed by atoms with E-state index in [1.807, 2.05) is 39.8 Å². The summed E-state index contributed by atoms with van der Waals surface area (Å²) in [5, 5.41) is 0. The number of ether oxygens (including phenoxy) is 3. The fraction of sp³-hybridized carbons (Fsp3) is 0.562. The van der Waals surface area contributed by atoms with E-state index in [1.165, 1.54) is 5.56 Å². The fourth-order valence-electron chi connectivity index (χ4n) is 2.78. The minimum atomic E-state index is -0.480. The molecule has 2 aliphatic heterocycles. The average Bonchev–Trinajstić information content (AvgIpc) is 2.82. The van der Waals surface area contributed by atoms with Gasteiger partial charge in [0.2, 0.25) is 6.79 Å². The van der Waals surface area contributed by atoms with Crippen LogP contribution in [0.25, 0.3) is 0 Å². The van der Waals surface area contributed by atoms with Crippen LogP contribution in [0.15, 0.2) is 12.1 Å². The zero-order valence-electron chi connectivity index (χ0n) is 12.9. The van der Waals surface area contributed by atoms with E-state index in [-0.39, 0.29) is 18.9 Å². The van der Waals surface area contributed by atoms with E-state index in [0.717, 1.165) is 23.5 Å². The maximum atomic E-state index is 12.3. The highest BCUT2D eigenvalue weighted by molar-refractivity contribution is 5.70. The maximum absolute atomic E-state index is 12.3. The Hall–Kier alpha value is -1.91. The summed E-state index contributed by atoms with van der Waals surface area (Å²) < 4.78 is 16.3. The summed E-state index contributed by atoms with van der Waals surface area (Å²) in [7, 11) is 0. The van der Waals surface area contributed by atoms with Gasteiger partial charge in [-0.25, -0.2) is 4.79 Å². The summed E-state index contributed by atoms with van der Waals surface area (Å²) in [6, 6.07) is 3.98. The third kappa shape index (κ3) is 2.64. The van der Waals surface area contributed by atoms with Gasteiger partial charge in [-0.2, -0.15) is 0 Å². The number of amides is 1. The number of benzene rings is 1. The zero-order chi connectivity index (χ0) is 15.2. The summed E-state index contributed by atoms with van der Waals surface area (Å²) in [5.41, 5.74) is 1.84. The van der Waals surface area contributed by atoms with E-state index < -0.39 is 5.60 Å².